The van der Waals surface area contributed by atoms with Gasteiger partial charge in [-0.3, -0.25) is 4.79 Å². The molecule has 5 heteroatoms. The van der Waals surface area contributed by atoms with Crippen LogP contribution in [0.15, 0.2) is 46.7 Å². The Morgan fingerprint density at radius 1 is 1.23 bits per heavy atom. The predicted octanol–water partition coefficient (Wildman–Crippen LogP) is 4.09. The Hall–Kier alpha value is -1.75. The van der Waals surface area contributed by atoms with Crippen molar-refractivity contribution in [3.8, 4) is 0 Å². The molecule has 1 aliphatic rings. The first-order chi connectivity index (χ1) is 10.7. The highest BCUT2D eigenvalue weighted by atomic mass is 32.2. The number of hydrogen-bond acceptors (Lipinski definition) is 3. The third-order valence-electron chi connectivity index (χ3n) is 4.08. The van der Waals surface area contributed by atoms with Gasteiger partial charge in [-0.15, -0.1) is 0 Å². The summed E-state index contributed by atoms with van der Waals surface area (Å²) in [6, 6.07) is 7.98. The molecule has 0 spiro atoms. The molecule has 1 aromatic carbocycles. The fourth-order valence-corrected chi connectivity index (χ4v) is 3.57. The molecule has 0 unspecified atom stereocenters. The molecule has 0 atom stereocenters. The van der Waals surface area contributed by atoms with Crippen LogP contribution in [-0.2, 0) is 11.8 Å². The van der Waals surface area contributed by atoms with Crippen LogP contribution in [0.5, 0.6) is 0 Å². The van der Waals surface area contributed by atoms with Gasteiger partial charge < -0.3 is 9.88 Å². The zero-order chi connectivity index (χ0) is 15.4. The van der Waals surface area contributed by atoms with Gasteiger partial charge in [-0.05, 0) is 37.1 Å². The minimum atomic E-state index is 0.171. The van der Waals surface area contributed by atoms with Crippen molar-refractivity contribution in [3.05, 3.63) is 36.7 Å². The summed E-state index contributed by atoms with van der Waals surface area (Å²) in [5.74, 6) is 0.361. The Bertz CT molecular complexity index is 630. The fourth-order valence-electron chi connectivity index (χ4n) is 2.77. The number of aromatic nitrogens is 2. The quantitative estimate of drug-likeness (QED) is 0.924. The van der Waals surface area contributed by atoms with Gasteiger partial charge in [-0.2, -0.15) is 0 Å². The topological polar surface area (TPSA) is 46.9 Å². The molecule has 22 heavy (non-hydrogen) atoms. The van der Waals surface area contributed by atoms with Gasteiger partial charge in [0.2, 0.25) is 5.91 Å². The Morgan fingerprint density at radius 2 is 1.95 bits per heavy atom. The van der Waals surface area contributed by atoms with Gasteiger partial charge >= 0.3 is 0 Å². The minimum absolute atomic E-state index is 0.171. The van der Waals surface area contributed by atoms with E-state index in [2.05, 4.69) is 10.3 Å². The SMILES string of the molecule is Cn1ccnc1Sc1ccc(NC(=O)C2CCCCC2)cc1. The number of imidazole rings is 1. The van der Waals surface area contributed by atoms with E-state index in [-0.39, 0.29) is 11.8 Å². The Morgan fingerprint density at radius 3 is 2.59 bits per heavy atom. The number of amides is 1. The van der Waals surface area contributed by atoms with Crippen LogP contribution in [0.3, 0.4) is 0 Å². The lowest BCUT2D eigenvalue weighted by Crippen LogP contribution is -2.24. The maximum absolute atomic E-state index is 12.2. The van der Waals surface area contributed by atoms with E-state index in [9.17, 15) is 4.79 Å². The van der Waals surface area contributed by atoms with Crippen molar-refractivity contribution in [3.63, 3.8) is 0 Å². The van der Waals surface area contributed by atoms with Crippen molar-refractivity contribution in [2.45, 2.75) is 42.2 Å². The Balaban J connectivity index is 1.59. The molecule has 1 aromatic heterocycles. The lowest BCUT2D eigenvalue weighted by molar-refractivity contribution is -0.120. The molecule has 1 saturated carbocycles. The largest absolute Gasteiger partial charge is 0.329 e. The van der Waals surface area contributed by atoms with Gasteiger partial charge in [0.15, 0.2) is 5.16 Å². The number of rotatable bonds is 4. The molecule has 1 amide bonds. The monoisotopic (exact) mass is 315 g/mol. The third-order valence-corrected chi connectivity index (χ3v) is 5.17. The molecular formula is C17H21N3OS. The van der Waals surface area contributed by atoms with Gasteiger partial charge in [0.05, 0.1) is 0 Å². The molecule has 1 fully saturated rings. The molecule has 0 bridgehead atoms. The zero-order valence-electron chi connectivity index (χ0n) is 12.8. The van der Waals surface area contributed by atoms with Crippen LogP contribution in [0, 0.1) is 5.92 Å². The number of carbonyl (C=O) groups excluding carboxylic acids is 1. The minimum Gasteiger partial charge on any atom is -0.329 e. The number of hydrogen-bond donors (Lipinski definition) is 1. The normalized spacial score (nSPS) is 15.7. The standard InChI is InChI=1S/C17H21N3OS/c1-20-12-11-18-17(20)22-15-9-7-14(8-10-15)19-16(21)13-5-3-2-4-6-13/h7-13H,2-6H2,1H3,(H,19,21). The summed E-state index contributed by atoms with van der Waals surface area (Å²) in [4.78, 5) is 17.6. The van der Waals surface area contributed by atoms with Crippen molar-refractivity contribution in [1.82, 2.24) is 9.55 Å². The molecule has 3 rings (SSSR count). The summed E-state index contributed by atoms with van der Waals surface area (Å²) in [7, 11) is 1.98. The van der Waals surface area contributed by atoms with Gasteiger partial charge in [0.1, 0.15) is 0 Å². The van der Waals surface area contributed by atoms with Gasteiger partial charge in [-0.1, -0.05) is 31.0 Å². The van der Waals surface area contributed by atoms with E-state index in [4.69, 9.17) is 0 Å². The number of carbonyl (C=O) groups is 1. The summed E-state index contributed by atoms with van der Waals surface area (Å²) in [6.07, 6.45) is 9.40. The van der Waals surface area contributed by atoms with E-state index in [0.717, 1.165) is 28.6 Å². The Kier molecular flexibility index (Phi) is 4.83. The lowest BCUT2D eigenvalue weighted by atomic mass is 9.88. The molecular weight excluding hydrogens is 294 g/mol. The second kappa shape index (κ2) is 7.01. The molecule has 0 saturated heterocycles. The highest BCUT2D eigenvalue weighted by molar-refractivity contribution is 7.99. The average Bonchev–Trinajstić information content (AvgIpc) is 2.95. The molecule has 1 heterocycles. The van der Waals surface area contributed by atoms with Crippen LogP contribution in [-0.4, -0.2) is 15.5 Å². The molecule has 1 N–H and O–H groups in total. The number of aryl methyl sites for hydroxylation is 1. The van der Waals surface area contributed by atoms with Crippen molar-refractivity contribution in [2.75, 3.05) is 5.32 Å². The summed E-state index contributed by atoms with van der Waals surface area (Å²) >= 11 is 1.62. The predicted molar refractivity (Wildman–Crippen MR) is 89.0 cm³/mol. The second-order valence-electron chi connectivity index (χ2n) is 5.77. The first-order valence-electron chi connectivity index (χ1n) is 7.78. The maximum atomic E-state index is 12.2. The molecule has 0 aliphatic heterocycles. The van der Waals surface area contributed by atoms with Crippen LogP contribution in [0.2, 0.25) is 0 Å². The van der Waals surface area contributed by atoms with Crippen LogP contribution in [0.4, 0.5) is 5.69 Å². The third kappa shape index (κ3) is 3.71. The van der Waals surface area contributed by atoms with Crippen molar-refractivity contribution < 1.29 is 4.79 Å². The number of nitrogens with zero attached hydrogens (tertiary/aromatic N) is 2. The van der Waals surface area contributed by atoms with Crippen LogP contribution < -0.4 is 5.32 Å². The second-order valence-corrected chi connectivity index (χ2v) is 6.81. The Labute approximate surface area is 135 Å². The van der Waals surface area contributed by atoms with E-state index in [1.165, 1.54) is 19.3 Å². The lowest BCUT2D eigenvalue weighted by Gasteiger charge is -2.20. The van der Waals surface area contributed by atoms with Gasteiger partial charge in [-0.25, -0.2) is 4.98 Å². The molecule has 4 nitrogen and oxygen atoms in total. The van der Waals surface area contributed by atoms with Crippen LogP contribution >= 0.6 is 11.8 Å². The number of nitrogens with one attached hydrogen (secondary N) is 1. The molecule has 0 radical (unpaired) electrons. The molecule has 1 aliphatic carbocycles. The van der Waals surface area contributed by atoms with E-state index in [1.807, 2.05) is 42.1 Å². The van der Waals surface area contributed by atoms with E-state index in [0.29, 0.717) is 0 Å². The summed E-state index contributed by atoms with van der Waals surface area (Å²) in [6.45, 7) is 0. The van der Waals surface area contributed by atoms with E-state index < -0.39 is 0 Å². The molecule has 2 aromatic rings. The maximum Gasteiger partial charge on any atom is 0.227 e. The summed E-state index contributed by atoms with van der Waals surface area (Å²) in [5.41, 5.74) is 0.875. The van der Waals surface area contributed by atoms with Gasteiger partial charge in [0, 0.05) is 35.9 Å². The van der Waals surface area contributed by atoms with E-state index >= 15 is 0 Å². The summed E-state index contributed by atoms with van der Waals surface area (Å²) in [5, 5.41) is 4.00. The first kappa shape index (κ1) is 15.2. The van der Waals surface area contributed by atoms with Crippen molar-refractivity contribution in [2.24, 2.45) is 13.0 Å². The van der Waals surface area contributed by atoms with Crippen LogP contribution in [0.25, 0.3) is 0 Å². The first-order valence-corrected chi connectivity index (χ1v) is 8.60. The summed E-state index contributed by atoms with van der Waals surface area (Å²) < 4.78 is 1.99. The smallest absolute Gasteiger partial charge is 0.227 e. The highest BCUT2D eigenvalue weighted by Gasteiger charge is 2.20. The molecule has 116 valence electrons. The van der Waals surface area contributed by atoms with Crippen LogP contribution in [0.1, 0.15) is 32.1 Å². The van der Waals surface area contributed by atoms with Crippen molar-refractivity contribution in [1.29, 1.82) is 0 Å². The highest BCUT2D eigenvalue weighted by Crippen LogP contribution is 2.28. The number of benzene rings is 1. The fraction of sp³-hybridized carbons (Fsp3) is 0.412. The van der Waals surface area contributed by atoms with Gasteiger partial charge in [0.25, 0.3) is 0 Å². The zero-order valence-corrected chi connectivity index (χ0v) is 13.6. The number of anilines is 1. The van der Waals surface area contributed by atoms with Crippen molar-refractivity contribution >= 4 is 23.4 Å². The van der Waals surface area contributed by atoms with E-state index in [1.54, 1.807) is 18.0 Å². The average molecular weight is 315 g/mol.